The molecule has 1 aromatic heterocycles. The van der Waals surface area contributed by atoms with Gasteiger partial charge >= 0.3 is 0 Å². The van der Waals surface area contributed by atoms with Crippen molar-refractivity contribution >= 4 is 33.0 Å². The molecular weight excluding hydrogens is 316 g/mol. The maximum Gasteiger partial charge on any atom is 0.252 e. The summed E-state index contributed by atoms with van der Waals surface area (Å²) in [6, 6.07) is 3.41. The van der Waals surface area contributed by atoms with E-state index in [0.29, 0.717) is 15.1 Å². The summed E-state index contributed by atoms with van der Waals surface area (Å²) in [7, 11) is -3.45. The van der Waals surface area contributed by atoms with Crippen LogP contribution in [-0.2, 0) is 10.0 Å². The largest absolute Gasteiger partial charge is 0.313 e. The second-order valence-corrected chi connectivity index (χ2v) is 9.21. The lowest BCUT2D eigenvalue weighted by Gasteiger charge is -2.32. The molecule has 0 aliphatic carbocycles. The number of rotatable bonds is 5. The molecule has 0 saturated carbocycles. The van der Waals surface area contributed by atoms with Crippen molar-refractivity contribution in [2.24, 2.45) is 0 Å². The second kappa shape index (κ2) is 6.75. The molecule has 0 bridgehead atoms. The Morgan fingerprint density at radius 3 is 2.70 bits per heavy atom. The highest BCUT2D eigenvalue weighted by atomic mass is 35.5. The van der Waals surface area contributed by atoms with Gasteiger partial charge in [-0.3, -0.25) is 0 Å². The number of hydrogen-bond donors (Lipinski definition) is 1. The van der Waals surface area contributed by atoms with Gasteiger partial charge in [0.2, 0.25) is 0 Å². The molecule has 0 radical (unpaired) electrons. The molecule has 0 amide bonds. The smallest absolute Gasteiger partial charge is 0.252 e. The molecule has 1 atom stereocenters. The Morgan fingerprint density at radius 2 is 2.20 bits per heavy atom. The Balaban J connectivity index is 2.19. The fourth-order valence-corrected chi connectivity index (χ4v) is 5.73. The molecule has 2 heterocycles. The molecule has 0 spiro atoms. The van der Waals surface area contributed by atoms with Crippen LogP contribution in [0.25, 0.3) is 0 Å². The van der Waals surface area contributed by atoms with Crippen LogP contribution in [0.1, 0.15) is 33.1 Å². The van der Waals surface area contributed by atoms with E-state index in [2.05, 4.69) is 5.32 Å². The van der Waals surface area contributed by atoms with Crippen molar-refractivity contribution in [2.75, 3.05) is 13.1 Å². The Hall–Kier alpha value is -0.140. The van der Waals surface area contributed by atoms with E-state index in [4.69, 9.17) is 11.6 Å². The summed E-state index contributed by atoms with van der Waals surface area (Å²) < 4.78 is 27.8. The zero-order chi connectivity index (χ0) is 14.8. The van der Waals surface area contributed by atoms with Crippen LogP contribution in [0.3, 0.4) is 0 Å². The Kier molecular flexibility index (Phi) is 5.48. The first-order valence-corrected chi connectivity index (χ1v) is 9.55. The summed E-state index contributed by atoms with van der Waals surface area (Å²) in [5, 5.41) is 3.40. The molecule has 1 aromatic rings. The summed E-state index contributed by atoms with van der Waals surface area (Å²) in [4.78, 5) is 0. The number of hydrogen-bond acceptors (Lipinski definition) is 4. The van der Waals surface area contributed by atoms with Crippen molar-refractivity contribution in [3.63, 3.8) is 0 Å². The number of nitrogens with one attached hydrogen (secondary N) is 1. The summed E-state index contributed by atoms with van der Waals surface area (Å²) in [6.45, 7) is 5.32. The third kappa shape index (κ3) is 3.74. The van der Waals surface area contributed by atoms with Gasteiger partial charge in [0.05, 0.1) is 4.34 Å². The second-order valence-electron chi connectivity index (χ2n) is 5.37. The van der Waals surface area contributed by atoms with Crippen LogP contribution < -0.4 is 5.32 Å². The molecule has 1 N–H and O–H groups in total. The molecule has 2 rings (SSSR count). The maximum atomic E-state index is 12.7. The van der Waals surface area contributed by atoms with Gasteiger partial charge < -0.3 is 5.32 Å². The molecule has 114 valence electrons. The summed E-state index contributed by atoms with van der Waals surface area (Å²) in [6.07, 6.45) is 3.36. The van der Waals surface area contributed by atoms with Crippen LogP contribution in [-0.4, -0.2) is 37.9 Å². The Morgan fingerprint density at radius 1 is 1.45 bits per heavy atom. The zero-order valence-corrected chi connectivity index (χ0v) is 14.2. The first-order chi connectivity index (χ1) is 9.41. The van der Waals surface area contributed by atoms with Gasteiger partial charge in [0.1, 0.15) is 4.21 Å². The molecule has 1 aliphatic rings. The molecule has 20 heavy (non-hydrogen) atoms. The minimum Gasteiger partial charge on any atom is -0.313 e. The van der Waals surface area contributed by atoms with Crippen molar-refractivity contribution < 1.29 is 8.42 Å². The van der Waals surface area contributed by atoms with Crippen LogP contribution in [0, 0.1) is 0 Å². The number of halogens is 1. The zero-order valence-electron chi connectivity index (χ0n) is 11.8. The third-order valence-corrected chi connectivity index (χ3v) is 7.24. The van der Waals surface area contributed by atoms with E-state index in [9.17, 15) is 8.42 Å². The highest BCUT2D eigenvalue weighted by Gasteiger charge is 2.31. The average molecular weight is 337 g/mol. The molecule has 0 aromatic carbocycles. The number of sulfonamides is 1. The molecule has 4 nitrogen and oxygen atoms in total. The number of thiophene rings is 1. The van der Waals surface area contributed by atoms with Gasteiger partial charge in [-0.05, 0) is 45.4 Å². The van der Waals surface area contributed by atoms with E-state index in [-0.39, 0.29) is 12.1 Å². The molecule has 1 fully saturated rings. The first kappa shape index (κ1) is 16.2. The molecule has 1 aliphatic heterocycles. The third-order valence-electron chi connectivity index (χ3n) is 3.50. The highest BCUT2D eigenvalue weighted by molar-refractivity contribution is 7.91. The predicted molar refractivity (Wildman–Crippen MR) is 84.0 cm³/mol. The van der Waals surface area contributed by atoms with Gasteiger partial charge in [0.15, 0.2) is 0 Å². The topological polar surface area (TPSA) is 49.4 Å². The highest BCUT2D eigenvalue weighted by Crippen LogP contribution is 2.29. The SMILES string of the molecule is CC(C)N(CC1CCCCN1)S(=O)(=O)c1ccc(Cl)s1. The summed E-state index contributed by atoms with van der Waals surface area (Å²) in [5.41, 5.74) is 0. The van der Waals surface area contributed by atoms with Crippen LogP contribution in [0.15, 0.2) is 16.3 Å². The lowest BCUT2D eigenvalue weighted by atomic mass is 10.1. The van der Waals surface area contributed by atoms with Gasteiger partial charge in [-0.25, -0.2) is 8.42 Å². The monoisotopic (exact) mass is 336 g/mol. The average Bonchev–Trinajstić information content (AvgIpc) is 2.84. The fourth-order valence-electron chi connectivity index (χ4n) is 2.44. The van der Waals surface area contributed by atoms with Crippen molar-refractivity contribution in [3.05, 3.63) is 16.5 Å². The van der Waals surface area contributed by atoms with Gasteiger partial charge in [0, 0.05) is 18.6 Å². The van der Waals surface area contributed by atoms with Crippen molar-refractivity contribution in [1.82, 2.24) is 9.62 Å². The Labute approximate surface area is 130 Å². The van der Waals surface area contributed by atoms with E-state index in [1.54, 1.807) is 16.4 Å². The fraction of sp³-hybridized carbons (Fsp3) is 0.692. The van der Waals surface area contributed by atoms with Crippen LogP contribution in [0.5, 0.6) is 0 Å². The van der Waals surface area contributed by atoms with Crippen LogP contribution in [0.4, 0.5) is 0 Å². The normalized spacial score (nSPS) is 20.8. The maximum absolute atomic E-state index is 12.7. The van der Waals surface area contributed by atoms with Gasteiger partial charge in [-0.15, -0.1) is 11.3 Å². The quantitative estimate of drug-likeness (QED) is 0.899. The van der Waals surface area contributed by atoms with Crippen LogP contribution in [0.2, 0.25) is 4.34 Å². The molecule has 1 unspecified atom stereocenters. The van der Waals surface area contributed by atoms with Gasteiger partial charge in [0.25, 0.3) is 10.0 Å². The van der Waals surface area contributed by atoms with E-state index in [0.717, 1.165) is 30.7 Å². The lowest BCUT2D eigenvalue weighted by Crippen LogP contribution is -2.48. The van der Waals surface area contributed by atoms with E-state index in [1.165, 1.54) is 6.42 Å². The van der Waals surface area contributed by atoms with E-state index in [1.807, 2.05) is 13.8 Å². The minimum atomic E-state index is -3.45. The van der Waals surface area contributed by atoms with Crippen molar-refractivity contribution in [1.29, 1.82) is 0 Å². The first-order valence-electron chi connectivity index (χ1n) is 6.92. The van der Waals surface area contributed by atoms with Crippen LogP contribution >= 0.6 is 22.9 Å². The standard InChI is InChI=1S/C13H21ClN2O2S2/c1-10(2)16(9-11-5-3-4-8-15-11)20(17,18)13-7-6-12(14)19-13/h6-7,10-11,15H,3-5,8-9H2,1-2H3. The summed E-state index contributed by atoms with van der Waals surface area (Å²) >= 11 is 6.98. The number of nitrogens with zero attached hydrogens (tertiary/aromatic N) is 1. The van der Waals surface area contributed by atoms with Gasteiger partial charge in [-0.2, -0.15) is 4.31 Å². The van der Waals surface area contributed by atoms with E-state index < -0.39 is 10.0 Å². The molecular formula is C13H21ClN2O2S2. The van der Waals surface area contributed by atoms with Gasteiger partial charge in [-0.1, -0.05) is 18.0 Å². The van der Waals surface area contributed by atoms with Crippen molar-refractivity contribution in [3.8, 4) is 0 Å². The molecule has 1 saturated heterocycles. The molecule has 7 heteroatoms. The Bertz CT molecular complexity index is 536. The summed E-state index contributed by atoms with van der Waals surface area (Å²) in [5.74, 6) is 0. The van der Waals surface area contributed by atoms with Crippen molar-refractivity contribution in [2.45, 2.75) is 49.4 Å². The minimum absolute atomic E-state index is 0.0652. The predicted octanol–water partition coefficient (Wildman–Crippen LogP) is 2.94. The lowest BCUT2D eigenvalue weighted by molar-refractivity contribution is 0.283. The van der Waals surface area contributed by atoms with E-state index >= 15 is 0 Å². The number of piperidine rings is 1.